The van der Waals surface area contributed by atoms with Crippen LogP contribution < -0.4 is 69.8 Å². The van der Waals surface area contributed by atoms with Gasteiger partial charge in [0.15, 0.2) is 28.2 Å². The van der Waals surface area contributed by atoms with Gasteiger partial charge in [0.1, 0.15) is 37.6 Å². The van der Waals surface area contributed by atoms with Gasteiger partial charge in [0.25, 0.3) is 5.69 Å². The first kappa shape index (κ1) is 131. The molecule has 0 spiro atoms. The molecule has 0 aromatic heterocycles. The molecule has 12 aromatic rings. The Morgan fingerprint density at radius 2 is 0.841 bits per heavy atom. The molecular formula is C116H144BCl5CuF4LiN5O6P2Ru2Si2+4. The van der Waals surface area contributed by atoms with E-state index in [4.69, 9.17) is 48.2 Å². The van der Waals surface area contributed by atoms with Gasteiger partial charge in [-0.2, -0.15) is 4.58 Å². The van der Waals surface area contributed by atoms with Crippen molar-refractivity contribution in [3.63, 3.8) is 0 Å². The number of benzene rings is 12. The van der Waals surface area contributed by atoms with Crippen molar-refractivity contribution in [1.29, 1.82) is 0 Å². The molecule has 777 valence electrons. The van der Waals surface area contributed by atoms with Gasteiger partial charge in [0, 0.05) is 65.7 Å². The SMILES string of the molecule is C.C/C=C/c1cc([N+](=O)[O-])ccc1OC(C)C.CC(C)Oc1ccc([N+](=O)[O-])cc1[CH]=[Ru]([Cl])[Cl].CCc1cccc(CC)c1N1[CH-]C(C)(C)CC1(C)C.CCc1cccc(CC)c1[N+]1=CC(C)(C)CC1(C)C.FB(F)F.[CH2+][Si](C)(C)[N-][Si]([CH2+])(C)C.[Cl][Cu+].[Cl][Ru]([Cl])=[C]1C=C(c2ccccc2)c2ccccc21.[F-].[Li+].c1ccc([PH+](c2ccccc2)c2ccccc2)cc1.c1ccc([PH+](c2ccccc2)c2ccccc2)cc1. The number of allylic oxidation sites excluding steroid dienone is 2. The maximum atomic E-state index is 10.7. The van der Waals surface area contributed by atoms with E-state index >= 15 is 0 Å². The Labute approximate surface area is 920 Å². The molecule has 0 N–H and O–H groups in total. The van der Waals surface area contributed by atoms with Crippen LogP contribution in [0.15, 0.2) is 322 Å². The predicted molar refractivity (Wildman–Crippen MR) is 617 cm³/mol. The van der Waals surface area contributed by atoms with Gasteiger partial charge in [-0.25, -0.2) is 6.54 Å². The molecule has 2 aliphatic heterocycles. The van der Waals surface area contributed by atoms with Crippen LogP contribution in [0.25, 0.3) is 16.3 Å². The molecule has 29 heteroatoms. The Bertz CT molecular complexity index is 5730. The quantitative estimate of drug-likeness (QED) is 0.0119. The standard InChI is InChI=1S/2C18H28N.2C18H15P.C15H10.C12H15NO3.C10H11NO3.C6H16NSi2.CH4.BF3.5ClH.Cu.FH.Li.2Ru/c2*1-7-14-10-9-11-15(8-2)16(14)19-13-17(3,4)12-18(19,5)6;2*1-4-10-16(11-5-1)19(17-12-6-2-7-13-17)18-14-8-3-9-15-18;1-2-6-12(7-3-1)15-11-10-13-8-4-5-9-14(13)15;1-4-5-10-8-11(13(14)15)6-7-12(10)16-9(2)3;1-7(2)14-10-5-4-9(11(12)13)6-8(10)3;1-8(2,3)7-9(4,5)6;;2-1(3)4;;;;;;;;;;/h2*9-11,13H,7-8,12H2,1-6H3;2*1-15H;1-9,11H;4-9H,1-3H3;3-7H,1-2H3;1,4H2,2-3,5-6H3;1H4;;5*1H;;1H;;;/q-1;+1;;;;;;+1;;;;;;;;+2;;+1;2*+2/p-4/b;;;;;5-4+;;;;;;;;;;;;;;. The summed E-state index contributed by atoms with van der Waals surface area (Å²) < 4.78 is 50.0. The van der Waals surface area contributed by atoms with Gasteiger partial charge in [0.05, 0.1) is 26.9 Å². The molecule has 3 aliphatic rings. The fourth-order valence-electron chi connectivity index (χ4n) is 17.4. The van der Waals surface area contributed by atoms with E-state index in [9.17, 15) is 33.2 Å². The average Bonchev–Trinajstić information content (AvgIpc) is 1.63. The molecule has 15 rings (SSSR count). The fourth-order valence-corrected chi connectivity index (χ4v) is 33.4. The maximum Gasteiger partial charge on any atom is 1.00 e. The van der Waals surface area contributed by atoms with Gasteiger partial charge in [-0.15, -0.1) is 5.41 Å². The molecule has 0 radical (unpaired) electrons. The van der Waals surface area contributed by atoms with Gasteiger partial charge in [0.2, 0.25) is 5.69 Å². The number of nitro benzene ring substituents is 2. The van der Waals surface area contributed by atoms with E-state index in [1.807, 2.05) is 65.0 Å². The summed E-state index contributed by atoms with van der Waals surface area (Å²) in [5.74, 6) is 1.23. The van der Waals surface area contributed by atoms with E-state index in [1.54, 1.807) is 22.8 Å². The summed E-state index contributed by atoms with van der Waals surface area (Å²) in [7, 11) is 19.9. The summed E-state index contributed by atoms with van der Waals surface area (Å²) in [4.78, 5) is 23.0. The maximum absolute atomic E-state index is 10.7. The molecule has 1 aliphatic carbocycles. The van der Waals surface area contributed by atoms with Gasteiger partial charge >= 0.3 is 284 Å². The topological polar surface area (TPSA) is 125 Å². The molecule has 1 fully saturated rings. The Morgan fingerprint density at radius 3 is 1.12 bits per heavy atom. The van der Waals surface area contributed by atoms with E-state index in [1.165, 1.54) is 125 Å². The van der Waals surface area contributed by atoms with Crippen molar-refractivity contribution in [3.05, 3.63) is 416 Å². The smallest absolute Gasteiger partial charge is 1.00 e. The number of halogens is 9. The number of fused-ring (bicyclic) bond motifs is 1. The number of hydrogen-bond donors (Lipinski definition) is 0. The Morgan fingerprint density at radius 1 is 0.517 bits per heavy atom. The van der Waals surface area contributed by atoms with E-state index in [0.29, 0.717) is 17.1 Å². The van der Waals surface area contributed by atoms with Crippen LogP contribution in [0, 0.1) is 50.7 Å². The van der Waals surface area contributed by atoms with Crippen molar-refractivity contribution in [2.75, 3.05) is 4.90 Å². The molecule has 12 aromatic carbocycles. The minimum atomic E-state index is -3.67. The number of nitrogens with zero attached hydrogens (tertiary/aromatic N) is 5. The van der Waals surface area contributed by atoms with E-state index in [2.05, 4.69) is 429 Å². The van der Waals surface area contributed by atoms with Crippen molar-refractivity contribution in [3.8, 4) is 11.5 Å². The molecule has 11 nitrogen and oxygen atoms in total. The number of aryl methyl sites for hydroxylation is 4. The average molecular weight is 2360 g/mol. The van der Waals surface area contributed by atoms with Crippen LogP contribution in [0.2, 0.25) is 26.2 Å². The summed E-state index contributed by atoms with van der Waals surface area (Å²) >= 11 is -0.267. The zero-order chi connectivity index (χ0) is 105. The number of anilines is 1. The normalized spacial score (nSPS) is 13.6. The molecule has 0 unspecified atom stereocenters. The minimum Gasteiger partial charge on any atom is -1.00 e. The summed E-state index contributed by atoms with van der Waals surface area (Å²) in [6.07, 6.45) is 15.1. The monoisotopic (exact) mass is 2360 g/mol. The molecule has 0 atom stereocenters. The van der Waals surface area contributed by atoms with Gasteiger partial charge in [-0.3, -0.25) is 23.1 Å². The van der Waals surface area contributed by atoms with Crippen LogP contribution >= 0.6 is 64.7 Å². The second-order valence-corrected chi connectivity index (χ2v) is 62.9. The van der Waals surface area contributed by atoms with Crippen LogP contribution in [0.4, 0.5) is 35.7 Å². The molecule has 1 saturated heterocycles. The van der Waals surface area contributed by atoms with Crippen molar-refractivity contribution in [2.24, 2.45) is 10.8 Å². The number of nitro groups is 2. The van der Waals surface area contributed by atoms with Crippen LogP contribution in [0.1, 0.15) is 188 Å². The first-order valence-electron chi connectivity index (χ1n) is 47.3. The van der Waals surface area contributed by atoms with Gasteiger partial charge < -0.3 is 19.0 Å². The second-order valence-electron chi connectivity index (χ2n) is 38.2. The van der Waals surface area contributed by atoms with Crippen molar-refractivity contribution in [2.45, 2.75) is 213 Å². The number of rotatable bonds is 23. The number of hydrogen-bond acceptors (Lipinski definition) is 7. The van der Waals surface area contributed by atoms with Crippen molar-refractivity contribution >= 4 is 170 Å². The third-order valence-corrected chi connectivity index (χ3v) is 37.3. The first-order chi connectivity index (χ1) is 67.2. The third kappa shape index (κ3) is 44.0. The van der Waals surface area contributed by atoms with Crippen LogP contribution in [-0.2, 0) is 67.8 Å². The Kier molecular flexibility index (Phi) is 58.7. The number of ether oxygens (including phenoxy) is 2. The summed E-state index contributed by atoms with van der Waals surface area (Å²) in [6.45, 7) is 56.4. The van der Waals surface area contributed by atoms with Crippen LogP contribution in [-0.4, -0.2) is 76.7 Å². The summed E-state index contributed by atoms with van der Waals surface area (Å²) in [5.41, 5.74) is 16.0. The zero-order valence-corrected chi connectivity index (χ0v) is 99.1. The van der Waals surface area contributed by atoms with E-state index in [0.717, 1.165) is 35.4 Å². The van der Waals surface area contributed by atoms with Gasteiger partial charge in [-0.1, -0.05) is 227 Å². The second kappa shape index (κ2) is 64.8. The summed E-state index contributed by atoms with van der Waals surface area (Å²) in [6, 6.07) is 106. The molecule has 0 saturated carbocycles. The minimum absolute atomic E-state index is 0. The Hall–Kier alpha value is -7.68. The molecule has 145 heavy (non-hydrogen) atoms. The largest absolute Gasteiger partial charge is 1.00 e. The van der Waals surface area contributed by atoms with E-state index < -0.39 is 76.7 Å². The number of non-ortho nitro benzene ring substituents is 2. The third-order valence-electron chi connectivity index (χ3n) is 22.1. The zero-order valence-electron chi connectivity index (χ0n) is 86.9. The molecular weight excluding hydrogens is 2210 g/mol. The molecule has 2 heterocycles. The Balaban J connectivity index is 0.000000423. The number of para-hydroxylation sites is 2. The molecule has 0 bridgehead atoms. The van der Waals surface area contributed by atoms with Crippen LogP contribution in [0.3, 0.4) is 0 Å². The van der Waals surface area contributed by atoms with Crippen molar-refractivity contribution in [1.82, 2.24) is 0 Å². The molecule has 0 amide bonds. The van der Waals surface area contributed by atoms with Gasteiger partial charge in [-0.05, 0) is 190 Å². The summed E-state index contributed by atoms with van der Waals surface area (Å²) in [5, 5.41) is 29.9. The van der Waals surface area contributed by atoms with E-state index in [-0.39, 0.29) is 76.5 Å². The first-order valence-corrected chi connectivity index (χ1v) is 68.8. The predicted octanol–water partition coefficient (Wildman–Crippen LogP) is 26.3. The van der Waals surface area contributed by atoms with Crippen molar-refractivity contribution < 1.29 is 103 Å². The fraction of sp³-hybridized carbons (Fsp3) is 0.293. The van der Waals surface area contributed by atoms with Crippen LogP contribution in [0.5, 0.6) is 11.5 Å².